The van der Waals surface area contributed by atoms with Crippen LogP contribution < -0.4 is 5.73 Å². The molecule has 2 heterocycles. The average Bonchev–Trinajstić information content (AvgIpc) is 2.70. The number of aliphatic hydroxyl groups excluding tert-OH is 2. The number of nitrogens with two attached hydrogens (primary N) is 1. The molecule has 0 saturated carbocycles. The van der Waals surface area contributed by atoms with Gasteiger partial charge in [-0.2, -0.15) is 4.98 Å². The van der Waals surface area contributed by atoms with Crippen LogP contribution in [0.1, 0.15) is 0 Å². The van der Waals surface area contributed by atoms with Crippen molar-refractivity contribution in [1.29, 1.82) is 0 Å². The van der Waals surface area contributed by atoms with E-state index in [0.717, 1.165) is 0 Å². The fourth-order valence-electron chi connectivity index (χ4n) is 1.47. The number of carboxylic acid groups (broad SMARTS) is 1. The molecule has 2 atom stereocenters. The van der Waals surface area contributed by atoms with Gasteiger partial charge in [-0.25, -0.2) is 14.8 Å². The standard InChI is InChI=1S/C9H11N5O4/c10-9-11-1-4-7(13-9)14(3-12-4)2-5(15)6(16)8(17)18/h1,3,5-6,15-16H,2H2,(H,17,18)(H2,10,11,13). The van der Waals surface area contributed by atoms with E-state index < -0.39 is 18.2 Å². The maximum atomic E-state index is 10.5. The van der Waals surface area contributed by atoms with Gasteiger partial charge in [0.15, 0.2) is 11.8 Å². The molecule has 2 rings (SSSR count). The molecule has 0 aliphatic carbocycles. The van der Waals surface area contributed by atoms with Crippen molar-refractivity contribution in [3.8, 4) is 0 Å². The lowest BCUT2D eigenvalue weighted by Gasteiger charge is -2.14. The highest BCUT2D eigenvalue weighted by molar-refractivity contribution is 5.73. The monoisotopic (exact) mass is 253 g/mol. The van der Waals surface area contributed by atoms with Gasteiger partial charge < -0.3 is 25.6 Å². The topological polar surface area (TPSA) is 147 Å². The summed E-state index contributed by atoms with van der Waals surface area (Å²) in [5, 5.41) is 27.3. The molecule has 2 aromatic heterocycles. The van der Waals surface area contributed by atoms with Gasteiger partial charge in [-0.05, 0) is 0 Å². The number of hydrogen-bond acceptors (Lipinski definition) is 7. The summed E-state index contributed by atoms with van der Waals surface area (Å²) in [5.41, 5.74) is 6.24. The van der Waals surface area contributed by atoms with Gasteiger partial charge in [0.2, 0.25) is 5.95 Å². The van der Waals surface area contributed by atoms with Crippen molar-refractivity contribution in [2.24, 2.45) is 0 Å². The van der Waals surface area contributed by atoms with E-state index in [1.807, 2.05) is 0 Å². The van der Waals surface area contributed by atoms with Crippen molar-refractivity contribution in [1.82, 2.24) is 19.5 Å². The number of nitrogens with zero attached hydrogens (tertiary/aromatic N) is 4. The Morgan fingerprint density at radius 2 is 2.17 bits per heavy atom. The third-order valence-electron chi connectivity index (χ3n) is 2.38. The second-order valence-electron chi connectivity index (χ2n) is 3.68. The number of aliphatic carboxylic acids is 1. The van der Waals surface area contributed by atoms with Crippen molar-refractivity contribution < 1.29 is 20.1 Å². The summed E-state index contributed by atoms with van der Waals surface area (Å²) in [4.78, 5) is 22.1. The van der Waals surface area contributed by atoms with Crippen molar-refractivity contribution in [2.75, 3.05) is 5.73 Å². The van der Waals surface area contributed by atoms with E-state index in [2.05, 4.69) is 15.0 Å². The number of aromatic nitrogens is 4. The summed E-state index contributed by atoms with van der Waals surface area (Å²) < 4.78 is 1.39. The Labute approximate surface area is 101 Å². The zero-order valence-electron chi connectivity index (χ0n) is 9.13. The molecule has 0 saturated heterocycles. The summed E-state index contributed by atoms with van der Waals surface area (Å²) in [6.07, 6.45) is -0.581. The summed E-state index contributed by atoms with van der Waals surface area (Å²) in [6.45, 7) is -0.166. The minimum Gasteiger partial charge on any atom is -0.479 e. The number of nitrogen functional groups attached to an aromatic ring is 1. The molecule has 5 N–H and O–H groups in total. The number of aliphatic hydroxyl groups is 2. The molecule has 0 aliphatic heterocycles. The van der Waals surface area contributed by atoms with Crippen molar-refractivity contribution in [3.05, 3.63) is 12.5 Å². The van der Waals surface area contributed by atoms with Crippen LogP contribution in [0.4, 0.5) is 5.95 Å². The number of carboxylic acids is 1. The van der Waals surface area contributed by atoms with Crippen LogP contribution in [0.3, 0.4) is 0 Å². The van der Waals surface area contributed by atoms with E-state index in [0.29, 0.717) is 11.2 Å². The average molecular weight is 253 g/mol. The minimum atomic E-state index is -1.87. The Kier molecular flexibility index (Phi) is 3.08. The molecule has 0 bridgehead atoms. The highest BCUT2D eigenvalue weighted by Crippen LogP contribution is 2.11. The van der Waals surface area contributed by atoms with Crippen LogP contribution in [-0.2, 0) is 11.3 Å². The van der Waals surface area contributed by atoms with E-state index in [1.54, 1.807) is 0 Å². The Bertz CT molecular complexity index is 583. The Hall–Kier alpha value is -2.26. The first kappa shape index (κ1) is 12.2. The maximum absolute atomic E-state index is 10.5. The normalized spacial score (nSPS) is 14.6. The van der Waals surface area contributed by atoms with E-state index in [9.17, 15) is 15.0 Å². The first-order valence-corrected chi connectivity index (χ1v) is 5.01. The number of anilines is 1. The Morgan fingerprint density at radius 1 is 1.44 bits per heavy atom. The summed E-state index contributed by atoms with van der Waals surface area (Å²) >= 11 is 0. The molecule has 0 radical (unpaired) electrons. The summed E-state index contributed by atoms with van der Waals surface area (Å²) in [5.74, 6) is -1.46. The van der Waals surface area contributed by atoms with Crippen LogP contribution in [0, 0.1) is 0 Å². The zero-order chi connectivity index (χ0) is 13.3. The van der Waals surface area contributed by atoms with Gasteiger partial charge in [-0.3, -0.25) is 0 Å². The van der Waals surface area contributed by atoms with E-state index >= 15 is 0 Å². The molecule has 9 heteroatoms. The van der Waals surface area contributed by atoms with Crippen molar-refractivity contribution >= 4 is 23.1 Å². The smallest absolute Gasteiger partial charge is 0.335 e. The second kappa shape index (κ2) is 4.55. The third-order valence-corrected chi connectivity index (χ3v) is 2.38. The van der Waals surface area contributed by atoms with Crippen LogP contribution in [0.25, 0.3) is 11.2 Å². The van der Waals surface area contributed by atoms with Crippen LogP contribution in [0.5, 0.6) is 0 Å². The van der Waals surface area contributed by atoms with Crippen molar-refractivity contribution in [3.63, 3.8) is 0 Å². The highest BCUT2D eigenvalue weighted by Gasteiger charge is 2.24. The Morgan fingerprint density at radius 3 is 2.83 bits per heavy atom. The first-order valence-electron chi connectivity index (χ1n) is 5.01. The minimum absolute atomic E-state index is 0.0394. The fraction of sp³-hybridized carbons (Fsp3) is 0.333. The number of imidazole rings is 1. The van der Waals surface area contributed by atoms with Gasteiger partial charge in [0, 0.05) is 0 Å². The van der Waals surface area contributed by atoms with Crippen LogP contribution >= 0.6 is 0 Å². The molecular weight excluding hydrogens is 242 g/mol. The third kappa shape index (κ3) is 2.21. The first-order chi connectivity index (χ1) is 8.49. The SMILES string of the molecule is Nc1ncc2ncn(CC(O)C(O)C(=O)O)c2n1. The molecular formula is C9H11N5O4. The molecule has 2 unspecified atom stereocenters. The molecule has 0 fully saturated rings. The van der Waals surface area contributed by atoms with Crippen LogP contribution in [0.2, 0.25) is 0 Å². The molecule has 9 nitrogen and oxygen atoms in total. The van der Waals surface area contributed by atoms with Gasteiger partial charge in [0.1, 0.15) is 11.6 Å². The molecule has 0 aliphatic rings. The Balaban J connectivity index is 2.26. The van der Waals surface area contributed by atoms with Crippen LogP contribution in [-0.4, -0.2) is 53.0 Å². The van der Waals surface area contributed by atoms with Gasteiger partial charge in [0.05, 0.1) is 19.1 Å². The molecule has 18 heavy (non-hydrogen) atoms. The van der Waals surface area contributed by atoms with Gasteiger partial charge in [-0.15, -0.1) is 0 Å². The number of hydrogen-bond donors (Lipinski definition) is 4. The fourth-order valence-corrected chi connectivity index (χ4v) is 1.47. The lowest BCUT2D eigenvalue weighted by atomic mass is 10.2. The van der Waals surface area contributed by atoms with Gasteiger partial charge in [-0.1, -0.05) is 0 Å². The molecule has 0 amide bonds. The van der Waals surface area contributed by atoms with Gasteiger partial charge >= 0.3 is 5.97 Å². The largest absolute Gasteiger partial charge is 0.479 e. The predicted octanol–water partition coefficient (Wildman–Crippen LogP) is -1.79. The highest BCUT2D eigenvalue weighted by atomic mass is 16.4. The second-order valence-corrected chi connectivity index (χ2v) is 3.68. The van der Waals surface area contributed by atoms with E-state index in [-0.39, 0.29) is 12.5 Å². The van der Waals surface area contributed by atoms with Crippen LogP contribution in [0.15, 0.2) is 12.5 Å². The quantitative estimate of drug-likeness (QED) is 0.499. The molecule has 2 aromatic rings. The van der Waals surface area contributed by atoms with E-state index in [1.165, 1.54) is 17.1 Å². The lowest BCUT2D eigenvalue weighted by Crippen LogP contribution is -2.36. The number of rotatable bonds is 4. The molecule has 96 valence electrons. The predicted molar refractivity (Wildman–Crippen MR) is 59.4 cm³/mol. The number of fused-ring (bicyclic) bond motifs is 1. The molecule has 0 spiro atoms. The summed E-state index contributed by atoms with van der Waals surface area (Å²) in [7, 11) is 0. The zero-order valence-corrected chi connectivity index (χ0v) is 9.13. The van der Waals surface area contributed by atoms with Crippen molar-refractivity contribution in [2.45, 2.75) is 18.8 Å². The number of carbonyl (C=O) groups is 1. The summed E-state index contributed by atoms with van der Waals surface area (Å²) in [6, 6.07) is 0. The molecule has 0 aromatic carbocycles. The van der Waals surface area contributed by atoms with E-state index in [4.69, 9.17) is 10.8 Å². The van der Waals surface area contributed by atoms with Gasteiger partial charge in [0.25, 0.3) is 0 Å². The lowest BCUT2D eigenvalue weighted by molar-refractivity contribution is -0.153. The maximum Gasteiger partial charge on any atom is 0.335 e.